The Labute approximate surface area is 110 Å². The van der Waals surface area contributed by atoms with Gasteiger partial charge in [0.15, 0.2) is 0 Å². The summed E-state index contributed by atoms with van der Waals surface area (Å²) in [5.41, 5.74) is 4.82. The van der Waals surface area contributed by atoms with Crippen molar-refractivity contribution < 1.29 is 4.92 Å². The van der Waals surface area contributed by atoms with E-state index in [1.54, 1.807) is 18.3 Å². The van der Waals surface area contributed by atoms with Crippen LogP contribution in [0, 0.1) is 10.1 Å². The van der Waals surface area contributed by atoms with Gasteiger partial charge in [-0.15, -0.1) is 0 Å². The van der Waals surface area contributed by atoms with Crippen molar-refractivity contribution in [1.82, 2.24) is 4.98 Å². The van der Waals surface area contributed by atoms with Crippen LogP contribution in [0.4, 0.5) is 11.4 Å². The molecule has 1 N–H and O–H groups in total. The fourth-order valence-corrected chi connectivity index (χ4v) is 1.47. The van der Waals surface area contributed by atoms with Gasteiger partial charge in [-0.05, 0) is 25.1 Å². The number of anilines is 1. The van der Waals surface area contributed by atoms with Crippen molar-refractivity contribution in [3.63, 3.8) is 0 Å². The third-order valence-electron chi connectivity index (χ3n) is 2.45. The molecule has 0 saturated heterocycles. The molecule has 0 saturated carbocycles. The van der Waals surface area contributed by atoms with E-state index >= 15 is 0 Å². The summed E-state index contributed by atoms with van der Waals surface area (Å²) in [6.07, 6.45) is 1.68. The number of rotatable bonds is 4. The molecule has 0 aliphatic rings. The number of hydrogen-bond donors (Lipinski definition) is 1. The van der Waals surface area contributed by atoms with E-state index in [9.17, 15) is 10.1 Å². The normalized spacial score (nSPS) is 11.1. The molecule has 0 bridgehead atoms. The number of hydrogen-bond acceptors (Lipinski definition) is 5. The van der Waals surface area contributed by atoms with E-state index in [2.05, 4.69) is 15.5 Å². The van der Waals surface area contributed by atoms with Gasteiger partial charge in [0, 0.05) is 18.3 Å². The van der Waals surface area contributed by atoms with Crippen molar-refractivity contribution >= 4 is 17.1 Å². The molecule has 2 aromatic rings. The molecule has 96 valence electrons. The molecular weight excluding hydrogens is 244 g/mol. The van der Waals surface area contributed by atoms with Gasteiger partial charge in [-0.3, -0.25) is 20.5 Å². The highest BCUT2D eigenvalue weighted by Crippen LogP contribution is 2.17. The molecular formula is C13H12N4O2. The molecule has 0 unspecified atom stereocenters. The number of non-ortho nitro benzene ring substituents is 1. The molecule has 0 atom stereocenters. The molecule has 19 heavy (non-hydrogen) atoms. The van der Waals surface area contributed by atoms with Crippen LogP contribution in [0.2, 0.25) is 0 Å². The number of benzene rings is 1. The highest BCUT2D eigenvalue weighted by atomic mass is 16.6. The number of pyridine rings is 1. The minimum absolute atomic E-state index is 0.0238. The Morgan fingerprint density at radius 2 is 2.16 bits per heavy atom. The summed E-state index contributed by atoms with van der Waals surface area (Å²) in [5.74, 6) is 0. The van der Waals surface area contributed by atoms with Crippen molar-refractivity contribution in [3.05, 3.63) is 64.5 Å². The van der Waals surface area contributed by atoms with Crippen LogP contribution in [-0.2, 0) is 0 Å². The number of nitro groups is 1. The molecule has 2 rings (SSSR count). The van der Waals surface area contributed by atoms with Gasteiger partial charge in [-0.1, -0.05) is 12.1 Å². The second-order valence-electron chi connectivity index (χ2n) is 3.83. The van der Waals surface area contributed by atoms with Crippen LogP contribution in [0.1, 0.15) is 12.6 Å². The lowest BCUT2D eigenvalue weighted by molar-refractivity contribution is -0.384. The number of nitrogens with one attached hydrogen (secondary N) is 1. The van der Waals surface area contributed by atoms with E-state index in [4.69, 9.17) is 0 Å². The number of hydrazone groups is 1. The molecule has 1 aromatic carbocycles. The minimum atomic E-state index is -0.444. The highest BCUT2D eigenvalue weighted by Gasteiger charge is 2.05. The Kier molecular flexibility index (Phi) is 3.82. The van der Waals surface area contributed by atoms with Gasteiger partial charge in [0.25, 0.3) is 5.69 Å². The highest BCUT2D eigenvalue weighted by molar-refractivity contribution is 5.97. The monoisotopic (exact) mass is 256 g/mol. The van der Waals surface area contributed by atoms with E-state index < -0.39 is 4.92 Å². The molecule has 0 aliphatic heterocycles. The second-order valence-corrected chi connectivity index (χ2v) is 3.83. The van der Waals surface area contributed by atoms with E-state index in [0.29, 0.717) is 11.4 Å². The average Bonchev–Trinajstić information content (AvgIpc) is 2.46. The predicted octanol–water partition coefficient (Wildman–Crippen LogP) is 2.83. The van der Waals surface area contributed by atoms with Crippen LogP contribution >= 0.6 is 0 Å². The lowest BCUT2D eigenvalue weighted by atomic mass is 10.2. The third kappa shape index (κ3) is 3.35. The van der Waals surface area contributed by atoms with E-state index in [0.717, 1.165) is 5.69 Å². The Bertz CT molecular complexity index is 611. The summed E-state index contributed by atoms with van der Waals surface area (Å²) < 4.78 is 0. The largest absolute Gasteiger partial charge is 0.278 e. The van der Waals surface area contributed by atoms with Gasteiger partial charge >= 0.3 is 0 Å². The fraction of sp³-hybridized carbons (Fsp3) is 0.0769. The lowest BCUT2D eigenvalue weighted by Crippen LogP contribution is -2.01. The molecule has 0 radical (unpaired) electrons. The van der Waals surface area contributed by atoms with Crippen LogP contribution in [0.5, 0.6) is 0 Å². The standard InChI is InChI=1S/C13H12N4O2/c1-10(13-7-2-3-8-14-13)15-16-11-5-4-6-12(9-11)17(18)19/h2-9,16H,1H3. The Balaban J connectivity index is 2.14. The SMILES string of the molecule is CC(=NNc1cccc([N+](=O)[O-])c1)c1ccccn1. The fourth-order valence-electron chi connectivity index (χ4n) is 1.47. The van der Waals surface area contributed by atoms with Crippen LogP contribution < -0.4 is 5.43 Å². The van der Waals surface area contributed by atoms with Crippen molar-refractivity contribution in [2.24, 2.45) is 5.10 Å². The molecule has 6 nitrogen and oxygen atoms in total. The van der Waals surface area contributed by atoms with Gasteiger partial charge in [-0.25, -0.2) is 0 Å². The first kappa shape index (κ1) is 12.7. The topological polar surface area (TPSA) is 80.4 Å². The number of nitro benzene ring substituents is 1. The third-order valence-corrected chi connectivity index (χ3v) is 2.45. The first-order chi connectivity index (χ1) is 9.16. The molecule has 0 amide bonds. The van der Waals surface area contributed by atoms with Crippen LogP contribution in [0.25, 0.3) is 0 Å². The van der Waals surface area contributed by atoms with Crippen molar-refractivity contribution in [3.8, 4) is 0 Å². The maximum atomic E-state index is 10.6. The van der Waals surface area contributed by atoms with Gasteiger partial charge in [-0.2, -0.15) is 5.10 Å². The summed E-state index contributed by atoms with van der Waals surface area (Å²) >= 11 is 0. The average molecular weight is 256 g/mol. The lowest BCUT2D eigenvalue weighted by Gasteiger charge is -2.02. The quantitative estimate of drug-likeness (QED) is 0.518. The first-order valence-corrected chi connectivity index (χ1v) is 5.63. The summed E-state index contributed by atoms with van der Waals surface area (Å²) in [6.45, 7) is 1.81. The van der Waals surface area contributed by atoms with Gasteiger partial charge in [0.05, 0.1) is 22.0 Å². The zero-order valence-corrected chi connectivity index (χ0v) is 10.3. The Hall–Kier alpha value is -2.76. The molecule has 0 aliphatic carbocycles. The van der Waals surface area contributed by atoms with Crippen molar-refractivity contribution in [1.29, 1.82) is 0 Å². The van der Waals surface area contributed by atoms with E-state index in [1.165, 1.54) is 12.1 Å². The van der Waals surface area contributed by atoms with Gasteiger partial charge < -0.3 is 0 Å². The number of nitrogens with zero attached hydrogens (tertiary/aromatic N) is 3. The molecule has 0 spiro atoms. The van der Waals surface area contributed by atoms with Crippen molar-refractivity contribution in [2.45, 2.75) is 6.92 Å². The predicted molar refractivity (Wildman–Crippen MR) is 73.2 cm³/mol. The van der Waals surface area contributed by atoms with Crippen LogP contribution in [-0.4, -0.2) is 15.6 Å². The molecule has 1 aromatic heterocycles. The Morgan fingerprint density at radius 3 is 2.84 bits per heavy atom. The zero-order valence-electron chi connectivity index (χ0n) is 10.3. The summed E-state index contributed by atoms with van der Waals surface area (Å²) in [5, 5.41) is 14.8. The molecule has 1 heterocycles. The van der Waals surface area contributed by atoms with E-state index in [-0.39, 0.29) is 5.69 Å². The van der Waals surface area contributed by atoms with Gasteiger partial charge in [0.2, 0.25) is 0 Å². The van der Waals surface area contributed by atoms with Crippen LogP contribution in [0.15, 0.2) is 53.8 Å². The maximum absolute atomic E-state index is 10.6. The second kappa shape index (κ2) is 5.72. The summed E-state index contributed by atoms with van der Waals surface area (Å²) in [7, 11) is 0. The maximum Gasteiger partial charge on any atom is 0.271 e. The van der Waals surface area contributed by atoms with E-state index in [1.807, 2.05) is 25.1 Å². The molecule has 6 heteroatoms. The summed E-state index contributed by atoms with van der Waals surface area (Å²) in [6, 6.07) is 11.7. The van der Waals surface area contributed by atoms with Gasteiger partial charge in [0.1, 0.15) is 0 Å². The Morgan fingerprint density at radius 1 is 1.32 bits per heavy atom. The number of aromatic nitrogens is 1. The zero-order chi connectivity index (χ0) is 13.7. The van der Waals surface area contributed by atoms with Crippen molar-refractivity contribution in [2.75, 3.05) is 5.43 Å². The smallest absolute Gasteiger partial charge is 0.271 e. The van der Waals surface area contributed by atoms with Crippen LogP contribution in [0.3, 0.4) is 0 Å². The minimum Gasteiger partial charge on any atom is -0.278 e. The summed E-state index contributed by atoms with van der Waals surface area (Å²) in [4.78, 5) is 14.4. The first-order valence-electron chi connectivity index (χ1n) is 5.63. The molecule has 0 fully saturated rings.